The van der Waals surface area contributed by atoms with Gasteiger partial charge in [-0.05, 0) is 10.3 Å². The maximum Gasteiger partial charge on any atom is 0.390 e. The molecule has 0 aromatic carbocycles. The normalized spacial score (nSPS) is 19.5. The SMILES string of the molecule is C1CN(c2nc(=[N+]3CCOCC3)ss2)CCO1.O=S(=O)([O-])O. The summed E-state index contributed by atoms with van der Waals surface area (Å²) < 4.78 is 45.9. The van der Waals surface area contributed by atoms with E-state index in [4.69, 9.17) is 32.0 Å². The first-order valence-electron chi connectivity index (χ1n) is 6.57. The van der Waals surface area contributed by atoms with Gasteiger partial charge in [0.05, 0.1) is 26.4 Å². The van der Waals surface area contributed by atoms with Gasteiger partial charge in [0.25, 0.3) is 0 Å². The third-order valence-corrected chi connectivity index (χ3v) is 5.17. The van der Waals surface area contributed by atoms with Crippen molar-refractivity contribution in [3.05, 3.63) is 4.80 Å². The van der Waals surface area contributed by atoms with E-state index >= 15 is 0 Å². The van der Waals surface area contributed by atoms with Crippen LogP contribution in [0.4, 0.5) is 5.13 Å². The topological polar surface area (TPSA) is 115 Å². The fourth-order valence-corrected chi connectivity index (χ4v) is 4.28. The van der Waals surface area contributed by atoms with Gasteiger partial charge < -0.3 is 18.9 Å². The molecule has 1 aromatic heterocycles. The first kappa shape index (κ1) is 17.7. The molecule has 2 aliphatic heterocycles. The van der Waals surface area contributed by atoms with Crippen molar-refractivity contribution in [1.82, 2.24) is 9.56 Å². The van der Waals surface area contributed by atoms with Crippen LogP contribution in [0.1, 0.15) is 0 Å². The Kier molecular flexibility index (Phi) is 6.67. The highest BCUT2D eigenvalue weighted by atomic mass is 32.9. The Balaban J connectivity index is 0.000000309. The van der Waals surface area contributed by atoms with Crippen molar-refractivity contribution in [2.24, 2.45) is 0 Å². The van der Waals surface area contributed by atoms with E-state index < -0.39 is 10.4 Å². The summed E-state index contributed by atoms with van der Waals surface area (Å²) in [5.74, 6) is 0. The molecule has 3 heterocycles. The molecule has 2 aliphatic rings. The fraction of sp³-hybridized carbons (Fsp3) is 0.800. The quantitative estimate of drug-likeness (QED) is 0.285. The Bertz CT molecular complexity index is 618. The standard InChI is InChI=1S/C10H16N3O2S2.H2O4S/c1-5-14-6-2-12(1)9-11-10(17-16-9)13-3-7-15-8-4-13;1-5(2,3)4/h1-8H2;(H2,1,2,3,4)/q+1;/p-1. The molecule has 1 N–H and O–H groups in total. The molecule has 2 fully saturated rings. The third-order valence-electron chi connectivity index (χ3n) is 2.95. The van der Waals surface area contributed by atoms with Crippen LogP contribution in [0.15, 0.2) is 0 Å². The monoisotopic (exact) mass is 371 g/mol. The molecule has 0 amide bonds. The number of aromatic nitrogens is 1. The minimum absolute atomic E-state index is 0.817. The third kappa shape index (κ3) is 6.24. The second-order valence-corrected chi connectivity index (χ2v) is 7.39. The van der Waals surface area contributed by atoms with Crippen LogP contribution in [0, 0.1) is 0 Å². The molecule has 2 saturated heterocycles. The predicted octanol–water partition coefficient (Wildman–Crippen LogP) is -1.15. The van der Waals surface area contributed by atoms with Crippen molar-refractivity contribution in [2.45, 2.75) is 0 Å². The lowest BCUT2D eigenvalue weighted by molar-refractivity contribution is 0.0965. The first-order chi connectivity index (χ1) is 10.4. The maximum absolute atomic E-state index is 8.63. The second-order valence-electron chi connectivity index (χ2n) is 4.47. The molecule has 0 unspecified atom stereocenters. The Labute approximate surface area is 135 Å². The van der Waals surface area contributed by atoms with Gasteiger partial charge in [0.2, 0.25) is 10.4 Å². The van der Waals surface area contributed by atoms with Crippen LogP contribution in [0.2, 0.25) is 0 Å². The van der Waals surface area contributed by atoms with Gasteiger partial charge in [-0.1, -0.05) is 0 Å². The molecule has 0 bridgehead atoms. The van der Waals surface area contributed by atoms with Crippen LogP contribution in [-0.4, -0.2) is 75.1 Å². The molecule has 0 saturated carbocycles. The van der Waals surface area contributed by atoms with Gasteiger partial charge in [0.15, 0.2) is 0 Å². The minimum Gasteiger partial charge on any atom is -0.726 e. The van der Waals surface area contributed by atoms with E-state index in [1.54, 1.807) is 20.7 Å². The summed E-state index contributed by atoms with van der Waals surface area (Å²) in [6.07, 6.45) is 0. The lowest BCUT2D eigenvalue weighted by Crippen LogP contribution is -2.40. The number of morpholine rings is 2. The lowest BCUT2D eigenvalue weighted by Gasteiger charge is -2.23. The molecular formula is C10H17N3O6S3. The molecule has 22 heavy (non-hydrogen) atoms. The summed E-state index contributed by atoms with van der Waals surface area (Å²) >= 11 is 0. The molecule has 126 valence electrons. The molecule has 0 atom stereocenters. The zero-order valence-corrected chi connectivity index (χ0v) is 14.2. The van der Waals surface area contributed by atoms with E-state index in [2.05, 4.69) is 9.48 Å². The van der Waals surface area contributed by atoms with Crippen molar-refractivity contribution in [1.29, 1.82) is 0 Å². The van der Waals surface area contributed by atoms with Gasteiger partial charge in [-0.3, -0.25) is 4.55 Å². The van der Waals surface area contributed by atoms with Crippen molar-refractivity contribution in [2.75, 3.05) is 57.5 Å². The van der Waals surface area contributed by atoms with Gasteiger partial charge in [-0.15, -0.1) is 0 Å². The summed E-state index contributed by atoms with van der Waals surface area (Å²) in [6.45, 7) is 7.11. The van der Waals surface area contributed by atoms with Gasteiger partial charge >= 0.3 is 9.93 Å². The number of hydrogen-bond donors (Lipinski definition) is 1. The average Bonchev–Trinajstić information content (AvgIpc) is 2.97. The van der Waals surface area contributed by atoms with Crippen LogP contribution in [0.25, 0.3) is 0 Å². The summed E-state index contributed by atoms with van der Waals surface area (Å²) in [4.78, 5) is 8.19. The van der Waals surface area contributed by atoms with Gasteiger partial charge in [-0.25, -0.2) is 13.0 Å². The Morgan fingerprint density at radius 3 is 2.27 bits per heavy atom. The highest BCUT2D eigenvalue weighted by Crippen LogP contribution is 2.19. The summed E-state index contributed by atoms with van der Waals surface area (Å²) in [5.41, 5.74) is 0. The highest BCUT2D eigenvalue weighted by Gasteiger charge is 2.21. The summed E-state index contributed by atoms with van der Waals surface area (Å²) in [5, 5.41) is 1.14. The van der Waals surface area contributed by atoms with E-state index in [0.29, 0.717) is 0 Å². The van der Waals surface area contributed by atoms with Crippen molar-refractivity contribution < 1.29 is 27.0 Å². The average molecular weight is 371 g/mol. The highest BCUT2D eigenvalue weighted by molar-refractivity contribution is 7.79. The van der Waals surface area contributed by atoms with E-state index in [9.17, 15) is 0 Å². The van der Waals surface area contributed by atoms with E-state index in [0.717, 1.165) is 62.5 Å². The summed E-state index contributed by atoms with van der Waals surface area (Å²) in [7, 11) is -1.38. The second kappa shape index (κ2) is 8.29. The Morgan fingerprint density at radius 2 is 1.68 bits per heavy atom. The Hall–Kier alpha value is -0.630. The molecule has 12 heteroatoms. The van der Waals surface area contributed by atoms with Crippen LogP contribution in [0.3, 0.4) is 0 Å². The smallest absolute Gasteiger partial charge is 0.390 e. The molecule has 1 aromatic rings. The first-order valence-corrected chi connectivity index (χ1v) is 10.1. The van der Waals surface area contributed by atoms with Crippen LogP contribution >= 0.6 is 20.7 Å². The summed E-state index contributed by atoms with van der Waals surface area (Å²) in [6, 6.07) is 0. The largest absolute Gasteiger partial charge is 0.726 e. The van der Waals surface area contributed by atoms with Gasteiger partial charge in [-0.2, -0.15) is 0 Å². The Morgan fingerprint density at radius 1 is 1.14 bits per heavy atom. The maximum atomic E-state index is 8.63. The molecular weight excluding hydrogens is 354 g/mol. The predicted molar refractivity (Wildman–Crippen MR) is 81.2 cm³/mol. The van der Waals surface area contributed by atoms with Gasteiger partial charge in [0, 0.05) is 28.4 Å². The molecule has 0 radical (unpaired) electrons. The number of nitrogens with zero attached hydrogens (tertiary/aromatic N) is 3. The van der Waals surface area contributed by atoms with Crippen molar-refractivity contribution in [3.8, 4) is 0 Å². The number of anilines is 1. The molecule has 0 aliphatic carbocycles. The van der Waals surface area contributed by atoms with E-state index in [-0.39, 0.29) is 0 Å². The zero-order chi connectivity index (χ0) is 16.0. The number of rotatable bonds is 1. The fourth-order valence-electron chi connectivity index (χ4n) is 1.95. The zero-order valence-electron chi connectivity index (χ0n) is 11.7. The van der Waals surface area contributed by atoms with E-state index in [1.807, 2.05) is 0 Å². The molecule has 0 spiro atoms. The lowest BCUT2D eigenvalue weighted by atomic mass is 10.5. The minimum atomic E-state index is -4.92. The van der Waals surface area contributed by atoms with Crippen molar-refractivity contribution >= 4 is 36.2 Å². The van der Waals surface area contributed by atoms with Crippen molar-refractivity contribution in [3.63, 3.8) is 0 Å². The van der Waals surface area contributed by atoms with E-state index in [1.165, 1.54) is 0 Å². The number of hydrogen-bond acceptors (Lipinski definition) is 9. The van der Waals surface area contributed by atoms with Gasteiger partial charge in [0.1, 0.15) is 13.1 Å². The van der Waals surface area contributed by atoms with Crippen LogP contribution in [0.5, 0.6) is 0 Å². The number of ether oxygens (including phenoxy) is 2. The molecule has 3 rings (SSSR count). The molecule has 9 nitrogen and oxygen atoms in total. The van der Waals surface area contributed by atoms with Crippen LogP contribution < -0.4 is 14.3 Å². The van der Waals surface area contributed by atoms with Crippen LogP contribution in [-0.2, 0) is 19.9 Å².